The van der Waals surface area contributed by atoms with Crippen LogP contribution in [0.25, 0.3) is 33.5 Å². The summed E-state index contributed by atoms with van der Waals surface area (Å²) in [5.41, 5.74) is -1.65. The van der Waals surface area contributed by atoms with E-state index < -0.39 is 69.3 Å². The SMILES string of the molecule is C=CCCc1ccc(-c2ccc(-c3cc(F)c(C(F)(F)Oc4ccc(-c5cc(F)c(F)c(F)c5)c(F)c4)c(F)c3)c(F)c2)nc1. The Balaban J connectivity index is 1.38. The molecule has 0 unspecified atom stereocenters. The Kier molecular flexibility index (Phi) is 8.72. The Morgan fingerprint density at radius 1 is 0.644 bits per heavy atom. The van der Waals surface area contributed by atoms with Crippen molar-refractivity contribution in [2.24, 2.45) is 0 Å². The van der Waals surface area contributed by atoms with Crippen molar-refractivity contribution in [3.05, 3.63) is 143 Å². The third-order valence-electron chi connectivity index (χ3n) is 6.85. The number of aryl methyl sites for hydroxylation is 1. The quantitative estimate of drug-likeness (QED) is 0.0920. The van der Waals surface area contributed by atoms with Crippen molar-refractivity contribution in [1.82, 2.24) is 4.98 Å². The maximum absolute atomic E-state index is 15.1. The first-order valence-corrected chi connectivity index (χ1v) is 13.2. The summed E-state index contributed by atoms with van der Waals surface area (Å²) in [6.07, 6.45) is 0.202. The molecule has 11 heteroatoms. The average Bonchev–Trinajstić information content (AvgIpc) is 2.98. The van der Waals surface area contributed by atoms with Crippen molar-refractivity contribution in [1.29, 1.82) is 0 Å². The molecule has 45 heavy (non-hydrogen) atoms. The van der Waals surface area contributed by atoms with Crippen LogP contribution in [0, 0.1) is 40.7 Å². The van der Waals surface area contributed by atoms with E-state index in [9.17, 15) is 35.1 Å². The highest BCUT2D eigenvalue weighted by atomic mass is 19.3. The summed E-state index contributed by atoms with van der Waals surface area (Å²) in [5.74, 6) is -11.6. The fourth-order valence-corrected chi connectivity index (χ4v) is 4.63. The number of allylic oxidation sites excluding steroid dienone is 1. The van der Waals surface area contributed by atoms with Gasteiger partial charge in [-0.1, -0.05) is 24.3 Å². The molecule has 0 bridgehead atoms. The minimum absolute atomic E-state index is 0.277. The maximum Gasteiger partial charge on any atom is 0.432 e. The molecule has 2 nitrogen and oxygen atoms in total. The fraction of sp³-hybridized carbons (Fsp3) is 0.0882. The number of pyridine rings is 1. The van der Waals surface area contributed by atoms with E-state index >= 15 is 4.39 Å². The number of nitrogens with zero attached hydrogens (tertiary/aromatic N) is 1. The van der Waals surface area contributed by atoms with Crippen molar-refractivity contribution in [2.45, 2.75) is 19.0 Å². The third kappa shape index (κ3) is 6.57. The number of aromatic nitrogens is 1. The lowest BCUT2D eigenvalue weighted by molar-refractivity contribution is -0.189. The van der Waals surface area contributed by atoms with Gasteiger partial charge in [0, 0.05) is 29.0 Å². The summed E-state index contributed by atoms with van der Waals surface area (Å²) in [6.45, 7) is 3.66. The summed E-state index contributed by atoms with van der Waals surface area (Å²) in [5, 5.41) is 0. The van der Waals surface area contributed by atoms with Crippen molar-refractivity contribution in [3.63, 3.8) is 0 Å². The van der Waals surface area contributed by atoms with E-state index in [1.807, 2.05) is 6.07 Å². The molecule has 1 aromatic heterocycles. The molecular weight excluding hydrogens is 609 g/mol. The van der Waals surface area contributed by atoms with Crippen molar-refractivity contribution < 1.29 is 44.3 Å². The summed E-state index contributed by atoms with van der Waals surface area (Å²) in [4.78, 5) is 4.30. The van der Waals surface area contributed by atoms with E-state index in [1.165, 1.54) is 12.1 Å². The van der Waals surface area contributed by atoms with Gasteiger partial charge < -0.3 is 4.74 Å². The van der Waals surface area contributed by atoms with Gasteiger partial charge in [-0.05, 0) is 78.1 Å². The molecule has 0 radical (unpaired) electrons. The van der Waals surface area contributed by atoms with Crippen LogP contribution in [0.15, 0.2) is 91.6 Å². The van der Waals surface area contributed by atoms with Crippen LogP contribution in [0.4, 0.5) is 39.5 Å². The largest absolute Gasteiger partial charge is 0.432 e. The smallest absolute Gasteiger partial charge is 0.429 e. The molecule has 5 aromatic rings. The highest BCUT2D eigenvalue weighted by Crippen LogP contribution is 2.39. The predicted molar refractivity (Wildman–Crippen MR) is 150 cm³/mol. The van der Waals surface area contributed by atoms with E-state index in [-0.39, 0.29) is 11.1 Å². The maximum atomic E-state index is 15.1. The van der Waals surface area contributed by atoms with Gasteiger partial charge in [0.25, 0.3) is 0 Å². The van der Waals surface area contributed by atoms with Crippen LogP contribution in [-0.2, 0) is 12.5 Å². The molecule has 0 aliphatic heterocycles. The Morgan fingerprint density at radius 2 is 1.20 bits per heavy atom. The van der Waals surface area contributed by atoms with Crippen LogP contribution in [0.5, 0.6) is 5.75 Å². The van der Waals surface area contributed by atoms with E-state index in [1.54, 1.807) is 18.3 Å². The second-order valence-corrected chi connectivity index (χ2v) is 9.90. The molecule has 230 valence electrons. The first-order chi connectivity index (χ1) is 21.4. The zero-order valence-electron chi connectivity index (χ0n) is 23.0. The van der Waals surface area contributed by atoms with E-state index in [2.05, 4.69) is 16.3 Å². The zero-order chi connectivity index (χ0) is 32.5. The molecule has 0 saturated heterocycles. The number of alkyl halides is 2. The number of hydrogen-bond donors (Lipinski definition) is 0. The normalized spacial score (nSPS) is 11.5. The van der Waals surface area contributed by atoms with Gasteiger partial charge in [0.05, 0.1) is 5.69 Å². The Labute approximate surface area is 251 Å². The summed E-state index contributed by atoms with van der Waals surface area (Å²) in [7, 11) is 0. The number of rotatable bonds is 9. The van der Waals surface area contributed by atoms with E-state index in [0.717, 1.165) is 36.6 Å². The number of halogens is 9. The molecule has 0 spiro atoms. The zero-order valence-corrected chi connectivity index (χ0v) is 23.0. The molecule has 4 aromatic carbocycles. The van der Waals surface area contributed by atoms with Crippen molar-refractivity contribution >= 4 is 0 Å². The van der Waals surface area contributed by atoms with Crippen LogP contribution >= 0.6 is 0 Å². The van der Waals surface area contributed by atoms with Gasteiger partial charge in [0.15, 0.2) is 17.5 Å². The Morgan fingerprint density at radius 3 is 1.73 bits per heavy atom. The molecule has 0 atom stereocenters. The lowest BCUT2D eigenvalue weighted by atomic mass is 9.99. The first kappa shape index (κ1) is 31.4. The topological polar surface area (TPSA) is 22.1 Å². The molecular formula is C34H20F9NO. The van der Waals surface area contributed by atoms with Gasteiger partial charge in [-0.15, -0.1) is 6.58 Å². The van der Waals surface area contributed by atoms with Gasteiger partial charge in [-0.3, -0.25) is 4.98 Å². The highest BCUT2D eigenvalue weighted by Gasteiger charge is 2.41. The molecule has 0 amide bonds. The van der Waals surface area contributed by atoms with Crippen LogP contribution in [0.3, 0.4) is 0 Å². The van der Waals surface area contributed by atoms with Gasteiger partial charge in [0.1, 0.15) is 34.6 Å². The second kappa shape index (κ2) is 12.5. The monoisotopic (exact) mass is 629 g/mol. The summed E-state index contributed by atoms with van der Waals surface area (Å²) < 4.78 is 134. The molecule has 1 heterocycles. The fourth-order valence-electron chi connectivity index (χ4n) is 4.63. The minimum Gasteiger partial charge on any atom is -0.429 e. The second-order valence-electron chi connectivity index (χ2n) is 9.90. The molecule has 0 fully saturated rings. The minimum atomic E-state index is -4.68. The van der Waals surface area contributed by atoms with Gasteiger partial charge in [0.2, 0.25) is 0 Å². The first-order valence-electron chi connectivity index (χ1n) is 13.2. The van der Waals surface area contributed by atoms with Crippen LogP contribution < -0.4 is 4.74 Å². The standard InChI is InChI=1S/C34H20F9NO/c1-2-3-4-18-5-10-31(44-17-18)19-6-8-23(25(35)11-19)20-12-27(37)32(28(38)13-20)34(42,43)45-22-7-9-24(26(36)16-22)21-14-29(39)33(41)30(40)15-21/h2,5-17H,1,3-4H2. The van der Waals surface area contributed by atoms with Crippen molar-refractivity contribution in [3.8, 4) is 39.3 Å². The van der Waals surface area contributed by atoms with Gasteiger partial charge in [-0.25, -0.2) is 30.7 Å². The highest BCUT2D eigenvalue weighted by molar-refractivity contribution is 5.70. The summed E-state index contributed by atoms with van der Waals surface area (Å²) >= 11 is 0. The summed E-state index contributed by atoms with van der Waals surface area (Å²) in [6, 6.07) is 11.2. The molecule has 0 aliphatic rings. The molecule has 0 aliphatic carbocycles. The van der Waals surface area contributed by atoms with Crippen LogP contribution in [0.2, 0.25) is 0 Å². The van der Waals surface area contributed by atoms with Crippen LogP contribution in [0.1, 0.15) is 17.5 Å². The lowest BCUT2D eigenvalue weighted by Crippen LogP contribution is -2.25. The third-order valence-corrected chi connectivity index (χ3v) is 6.85. The lowest BCUT2D eigenvalue weighted by Gasteiger charge is -2.20. The number of benzene rings is 4. The predicted octanol–water partition coefficient (Wildman–Crippen LogP) is 10.3. The van der Waals surface area contributed by atoms with Gasteiger partial charge in [-0.2, -0.15) is 8.78 Å². The molecule has 0 N–H and O–H groups in total. The average molecular weight is 630 g/mol. The number of hydrogen-bond acceptors (Lipinski definition) is 2. The molecule has 0 saturated carbocycles. The Hall–Kier alpha value is -5.06. The van der Waals surface area contributed by atoms with E-state index in [0.29, 0.717) is 41.6 Å². The number of ether oxygens (including phenoxy) is 1. The Bertz CT molecular complexity index is 1860. The van der Waals surface area contributed by atoms with Gasteiger partial charge >= 0.3 is 6.11 Å². The molecule has 5 rings (SSSR count). The van der Waals surface area contributed by atoms with Crippen molar-refractivity contribution in [2.75, 3.05) is 0 Å². The van der Waals surface area contributed by atoms with Crippen LogP contribution in [-0.4, -0.2) is 4.98 Å². The van der Waals surface area contributed by atoms with E-state index in [4.69, 9.17) is 0 Å².